The molecule has 0 spiro atoms. The van der Waals surface area contributed by atoms with Gasteiger partial charge in [-0.2, -0.15) is 5.26 Å². The van der Waals surface area contributed by atoms with E-state index in [2.05, 4.69) is 16.5 Å². The van der Waals surface area contributed by atoms with E-state index in [1.807, 2.05) is 54.6 Å². The Morgan fingerprint density at radius 3 is 2.73 bits per heavy atom. The van der Waals surface area contributed by atoms with E-state index in [-0.39, 0.29) is 17.2 Å². The number of carbonyl (C=O) groups is 2. The number of hydrogen-bond donors (Lipinski definition) is 2. The monoisotopic (exact) mass is 491 g/mol. The molecule has 1 aliphatic heterocycles. The van der Waals surface area contributed by atoms with Crippen LogP contribution in [0.5, 0.6) is 5.75 Å². The topological polar surface area (TPSA) is 121 Å². The molecule has 5 rings (SSSR count). The van der Waals surface area contributed by atoms with Crippen molar-refractivity contribution in [1.29, 1.82) is 5.26 Å². The fourth-order valence-electron chi connectivity index (χ4n) is 4.74. The van der Waals surface area contributed by atoms with Crippen LogP contribution in [0.15, 0.2) is 102 Å². The molecule has 1 aromatic heterocycles. The van der Waals surface area contributed by atoms with Gasteiger partial charge < -0.3 is 10.5 Å². The lowest BCUT2D eigenvalue weighted by Gasteiger charge is -2.39. The van der Waals surface area contributed by atoms with Crippen molar-refractivity contribution < 1.29 is 14.3 Å². The Kier molecular flexibility index (Phi) is 6.68. The molecule has 0 bridgehead atoms. The summed E-state index contributed by atoms with van der Waals surface area (Å²) in [6.07, 6.45) is 4.54. The largest absolute Gasteiger partial charge is 0.489 e. The van der Waals surface area contributed by atoms with E-state index < -0.39 is 11.8 Å². The predicted molar refractivity (Wildman–Crippen MR) is 136 cm³/mol. The van der Waals surface area contributed by atoms with E-state index in [0.717, 1.165) is 11.1 Å². The number of nitrogens with one attached hydrogen (secondary N) is 1. The molecule has 1 aliphatic carbocycles. The first kappa shape index (κ1) is 23.8. The van der Waals surface area contributed by atoms with Crippen molar-refractivity contribution in [3.05, 3.63) is 118 Å². The van der Waals surface area contributed by atoms with Crippen LogP contribution in [0.25, 0.3) is 0 Å². The fourth-order valence-corrected chi connectivity index (χ4v) is 4.74. The summed E-state index contributed by atoms with van der Waals surface area (Å²) >= 11 is 0. The van der Waals surface area contributed by atoms with Gasteiger partial charge in [0.15, 0.2) is 5.78 Å². The van der Waals surface area contributed by atoms with Gasteiger partial charge in [-0.05, 0) is 48.2 Å². The summed E-state index contributed by atoms with van der Waals surface area (Å²) in [6.45, 7) is 0.388. The maximum atomic E-state index is 13.3. The molecule has 1 unspecified atom stereocenters. The smallest absolute Gasteiger partial charge is 0.271 e. The van der Waals surface area contributed by atoms with Gasteiger partial charge in [-0.3, -0.25) is 20.0 Å². The van der Waals surface area contributed by atoms with Gasteiger partial charge >= 0.3 is 0 Å². The molecule has 1 atom stereocenters. The highest BCUT2D eigenvalue weighted by atomic mass is 16.5. The number of hydrogen-bond acceptors (Lipinski definition) is 7. The van der Waals surface area contributed by atoms with Crippen LogP contribution in [0, 0.1) is 11.3 Å². The molecule has 2 aromatic carbocycles. The number of rotatable bonds is 6. The first-order valence-electron chi connectivity index (χ1n) is 12.0. The molecule has 3 N–H and O–H groups in total. The quantitative estimate of drug-likeness (QED) is 0.532. The molecule has 0 saturated carbocycles. The van der Waals surface area contributed by atoms with Gasteiger partial charge in [0.1, 0.15) is 18.2 Å². The minimum Gasteiger partial charge on any atom is -0.489 e. The Balaban J connectivity index is 1.51. The Labute approximate surface area is 214 Å². The molecule has 3 aromatic rings. The summed E-state index contributed by atoms with van der Waals surface area (Å²) in [6, 6.07) is 22.7. The Hall–Kier alpha value is -4.90. The van der Waals surface area contributed by atoms with Crippen LogP contribution < -0.4 is 15.9 Å². The van der Waals surface area contributed by atoms with E-state index in [1.165, 1.54) is 11.2 Å². The third kappa shape index (κ3) is 4.80. The van der Waals surface area contributed by atoms with Crippen LogP contribution in [0.3, 0.4) is 0 Å². The first-order chi connectivity index (χ1) is 18.1. The number of benzene rings is 2. The molecule has 2 heterocycles. The third-order valence-corrected chi connectivity index (χ3v) is 6.49. The van der Waals surface area contributed by atoms with Gasteiger partial charge in [0.2, 0.25) is 0 Å². The molecule has 8 nitrogen and oxygen atoms in total. The number of nitrogens with two attached hydrogens (primary N) is 1. The van der Waals surface area contributed by atoms with Crippen molar-refractivity contribution in [3.63, 3.8) is 0 Å². The maximum Gasteiger partial charge on any atom is 0.271 e. The highest BCUT2D eigenvalue weighted by Crippen LogP contribution is 2.44. The normalized spacial score (nSPS) is 17.2. The molecule has 1 amide bonds. The molecule has 0 fully saturated rings. The maximum absolute atomic E-state index is 13.3. The number of amides is 1. The summed E-state index contributed by atoms with van der Waals surface area (Å²) in [5.74, 6) is -0.445. The molecule has 37 heavy (non-hydrogen) atoms. The summed E-state index contributed by atoms with van der Waals surface area (Å²) < 4.78 is 6.00. The van der Waals surface area contributed by atoms with Crippen LogP contribution in [-0.4, -0.2) is 21.7 Å². The standard InChI is InChI=1S/C29H25N5O3/c30-16-23-26(20-9-4-11-22(15-20)37-18-19-7-2-1-3-8-19)27-24(12-5-13-25(27)35)34(28(23)31)33-29(36)21-10-6-14-32-17-21/h1-4,6-11,14-15,17,26H,5,12-13,18,31H2,(H,33,36). The van der Waals surface area contributed by atoms with E-state index in [4.69, 9.17) is 10.5 Å². The van der Waals surface area contributed by atoms with Crippen LogP contribution in [-0.2, 0) is 11.4 Å². The molecule has 184 valence electrons. The van der Waals surface area contributed by atoms with E-state index in [0.29, 0.717) is 48.5 Å². The first-order valence-corrected chi connectivity index (χ1v) is 12.0. The lowest BCUT2D eigenvalue weighted by molar-refractivity contribution is -0.116. The molecular formula is C29H25N5O3. The highest BCUT2D eigenvalue weighted by Gasteiger charge is 2.40. The van der Waals surface area contributed by atoms with Crippen LogP contribution in [0.4, 0.5) is 0 Å². The zero-order valence-electron chi connectivity index (χ0n) is 20.1. The summed E-state index contributed by atoms with van der Waals surface area (Å²) in [4.78, 5) is 30.2. The van der Waals surface area contributed by atoms with Crippen LogP contribution >= 0.6 is 0 Å². The molecule has 0 radical (unpaired) electrons. The second kappa shape index (κ2) is 10.4. The number of nitrogens with zero attached hydrogens (tertiary/aromatic N) is 3. The predicted octanol–water partition coefficient (Wildman–Crippen LogP) is 4.11. The molecule has 2 aliphatic rings. The van der Waals surface area contributed by atoms with Gasteiger partial charge in [0.05, 0.1) is 23.1 Å². The Bertz CT molecular complexity index is 1440. The summed E-state index contributed by atoms with van der Waals surface area (Å²) in [5.41, 5.74) is 12.6. The second-order valence-corrected chi connectivity index (χ2v) is 8.85. The van der Waals surface area contributed by atoms with Crippen molar-refractivity contribution in [3.8, 4) is 11.8 Å². The Morgan fingerprint density at radius 1 is 1.14 bits per heavy atom. The lowest BCUT2D eigenvalue weighted by Crippen LogP contribution is -2.48. The van der Waals surface area contributed by atoms with E-state index in [9.17, 15) is 14.9 Å². The Morgan fingerprint density at radius 2 is 1.97 bits per heavy atom. The number of pyridine rings is 1. The van der Waals surface area contributed by atoms with Gasteiger partial charge in [0, 0.05) is 30.1 Å². The number of hydrazine groups is 1. The molecule has 8 heteroatoms. The minimum atomic E-state index is -0.653. The number of nitriles is 1. The second-order valence-electron chi connectivity index (χ2n) is 8.85. The lowest BCUT2D eigenvalue weighted by atomic mass is 9.76. The van der Waals surface area contributed by atoms with E-state index >= 15 is 0 Å². The number of Topliss-reactive ketones (excluding diaryl/α,β-unsaturated/α-hetero) is 1. The number of carbonyl (C=O) groups excluding carboxylic acids is 2. The molecular weight excluding hydrogens is 466 g/mol. The third-order valence-electron chi connectivity index (χ3n) is 6.49. The fraction of sp³-hybridized carbons (Fsp3) is 0.172. The van der Waals surface area contributed by atoms with Crippen molar-refractivity contribution in [2.45, 2.75) is 31.8 Å². The summed E-state index contributed by atoms with van der Waals surface area (Å²) in [7, 11) is 0. The van der Waals surface area contributed by atoms with Crippen molar-refractivity contribution in [1.82, 2.24) is 15.4 Å². The van der Waals surface area contributed by atoms with Gasteiger partial charge in [0.25, 0.3) is 5.91 Å². The number of ether oxygens (including phenoxy) is 1. The van der Waals surface area contributed by atoms with Crippen molar-refractivity contribution >= 4 is 11.7 Å². The summed E-state index contributed by atoms with van der Waals surface area (Å²) in [5, 5.41) is 11.6. The van der Waals surface area contributed by atoms with Crippen LogP contribution in [0.1, 0.15) is 46.7 Å². The number of allylic oxidation sites excluding steroid dienone is 3. The van der Waals surface area contributed by atoms with Gasteiger partial charge in [-0.1, -0.05) is 42.5 Å². The zero-order chi connectivity index (χ0) is 25.8. The number of ketones is 1. The van der Waals surface area contributed by atoms with Crippen molar-refractivity contribution in [2.24, 2.45) is 5.73 Å². The van der Waals surface area contributed by atoms with Gasteiger partial charge in [-0.25, -0.2) is 5.01 Å². The number of aromatic nitrogens is 1. The van der Waals surface area contributed by atoms with E-state index in [1.54, 1.807) is 18.3 Å². The highest BCUT2D eigenvalue weighted by molar-refractivity contribution is 6.00. The molecule has 0 saturated heterocycles. The zero-order valence-corrected chi connectivity index (χ0v) is 20.1. The average molecular weight is 492 g/mol. The minimum absolute atomic E-state index is 0.0669. The van der Waals surface area contributed by atoms with Crippen molar-refractivity contribution in [2.75, 3.05) is 0 Å². The SMILES string of the molecule is N#CC1=C(N)N(NC(=O)c2cccnc2)C2=C(C(=O)CCC2)C1c1cccc(OCc2ccccc2)c1. The van der Waals surface area contributed by atoms with Crippen LogP contribution in [0.2, 0.25) is 0 Å². The average Bonchev–Trinajstić information content (AvgIpc) is 2.94. The van der Waals surface area contributed by atoms with Gasteiger partial charge in [-0.15, -0.1) is 0 Å².